The fraction of sp³-hybridized carbons (Fsp3) is 0.552. The zero-order valence-corrected chi connectivity index (χ0v) is 24.7. The van der Waals surface area contributed by atoms with Gasteiger partial charge in [-0.3, -0.25) is 4.79 Å². The molecule has 2 N–H and O–H groups in total. The average molecular weight is 570 g/mol. The molecule has 0 unspecified atom stereocenters. The Morgan fingerprint density at radius 3 is 2.77 bits per heavy atom. The van der Waals surface area contributed by atoms with Crippen molar-refractivity contribution in [1.29, 1.82) is 0 Å². The zero-order chi connectivity index (χ0) is 27.6. The average Bonchev–Trinajstić information content (AvgIpc) is 3.39. The molecule has 1 fully saturated rings. The summed E-state index contributed by atoms with van der Waals surface area (Å²) in [7, 11) is -3.74. The Morgan fingerprint density at radius 2 is 1.95 bits per heavy atom. The van der Waals surface area contributed by atoms with Crippen LogP contribution in [0.1, 0.15) is 88.4 Å². The Bertz CT molecular complexity index is 1430. The third-order valence-corrected chi connectivity index (χ3v) is 10.3. The molecule has 10 heteroatoms. The maximum absolute atomic E-state index is 13.7. The van der Waals surface area contributed by atoms with E-state index < -0.39 is 10.0 Å². The molecule has 0 radical (unpaired) electrons. The minimum absolute atomic E-state index is 0.00633. The molecule has 39 heavy (non-hydrogen) atoms. The topological polar surface area (TPSA) is 104 Å². The van der Waals surface area contributed by atoms with E-state index in [9.17, 15) is 13.2 Å². The highest BCUT2D eigenvalue weighted by molar-refractivity contribution is 7.89. The van der Waals surface area contributed by atoms with Crippen molar-refractivity contribution < 1.29 is 13.2 Å². The molecule has 2 aliphatic rings. The van der Waals surface area contributed by atoms with Gasteiger partial charge in [0, 0.05) is 31.1 Å². The second kappa shape index (κ2) is 11.6. The molecule has 2 atom stereocenters. The number of aryl methyl sites for hydroxylation is 1. The van der Waals surface area contributed by atoms with Crippen LogP contribution in [0, 0.1) is 0 Å². The van der Waals surface area contributed by atoms with Gasteiger partial charge in [-0.1, -0.05) is 30.7 Å². The molecule has 0 spiro atoms. The number of nitrogens with one attached hydrogen (secondary N) is 2. The second-order valence-electron chi connectivity index (χ2n) is 11.8. The summed E-state index contributed by atoms with van der Waals surface area (Å²) in [4.78, 5) is 13.3. The summed E-state index contributed by atoms with van der Waals surface area (Å²) in [5.41, 5.74) is 4.87. The monoisotopic (exact) mass is 569 g/mol. The van der Waals surface area contributed by atoms with Crippen molar-refractivity contribution in [2.45, 2.75) is 101 Å². The molecule has 1 aliphatic heterocycles. The highest BCUT2D eigenvalue weighted by Gasteiger charge is 2.35. The van der Waals surface area contributed by atoms with Crippen molar-refractivity contribution in [1.82, 2.24) is 23.7 Å². The van der Waals surface area contributed by atoms with Gasteiger partial charge in [-0.05, 0) is 88.1 Å². The van der Waals surface area contributed by atoms with Crippen LogP contribution >= 0.6 is 11.7 Å². The lowest BCUT2D eigenvalue weighted by Crippen LogP contribution is -2.44. The number of carbonyl (C=O) groups excluding carboxylic acids is 1. The normalized spacial score (nSPS) is 20.6. The first kappa shape index (κ1) is 28.1. The number of sulfonamides is 1. The fourth-order valence-electron chi connectivity index (χ4n) is 5.75. The molecule has 1 aromatic heterocycles. The quantitative estimate of drug-likeness (QED) is 0.391. The van der Waals surface area contributed by atoms with Crippen LogP contribution in [0.5, 0.6) is 0 Å². The van der Waals surface area contributed by atoms with Crippen molar-refractivity contribution >= 4 is 38.7 Å². The minimum atomic E-state index is -3.74. The predicted octanol–water partition coefficient (Wildman–Crippen LogP) is 5.10. The summed E-state index contributed by atoms with van der Waals surface area (Å²) < 4.78 is 37.4. The summed E-state index contributed by atoms with van der Waals surface area (Å²) >= 11 is 1.02. The van der Waals surface area contributed by atoms with Gasteiger partial charge in [-0.25, -0.2) is 8.42 Å². The van der Waals surface area contributed by atoms with Gasteiger partial charge in [0.1, 0.15) is 15.9 Å². The summed E-state index contributed by atoms with van der Waals surface area (Å²) in [6.45, 7) is 7.78. The lowest BCUT2D eigenvalue weighted by molar-refractivity contribution is -0.122. The van der Waals surface area contributed by atoms with Crippen LogP contribution in [-0.4, -0.2) is 45.5 Å². The van der Waals surface area contributed by atoms with E-state index in [1.807, 2.05) is 0 Å². The Hall–Kier alpha value is -2.40. The number of aromatic nitrogens is 2. The first-order valence-electron chi connectivity index (χ1n) is 14.0. The van der Waals surface area contributed by atoms with Crippen LogP contribution in [-0.2, 0) is 27.8 Å². The van der Waals surface area contributed by atoms with Gasteiger partial charge in [0.2, 0.25) is 15.9 Å². The van der Waals surface area contributed by atoms with Crippen LogP contribution < -0.4 is 10.6 Å². The fourth-order valence-corrected chi connectivity index (χ4v) is 8.23. The molecule has 2 heterocycles. The third kappa shape index (κ3) is 6.51. The molecule has 1 aliphatic carbocycles. The van der Waals surface area contributed by atoms with Crippen LogP contribution in [0.4, 0.5) is 0 Å². The van der Waals surface area contributed by atoms with Gasteiger partial charge in [0.15, 0.2) is 0 Å². The SMILES string of the molecule is CC(C)(C)NCc1ccc2c(c1)CCC[C@H]2NC(=O)CC[C@@H]1CCCCN1S(=O)(=O)c1cccc2nsnc12. The first-order chi connectivity index (χ1) is 18.6. The molecule has 0 saturated carbocycles. The van der Waals surface area contributed by atoms with E-state index in [1.165, 1.54) is 16.7 Å². The largest absolute Gasteiger partial charge is 0.349 e. The number of rotatable bonds is 8. The van der Waals surface area contributed by atoms with Crippen molar-refractivity contribution in [3.05, 3.63) is 53.1 Å². The Morgan fingerprint density at radius 1 is 1.10 bits per heavy atom. The Labute approximate surface area is 236 Å². The van der Waals surface area contributed by atoms with E-state index in [-0.39, 0.29) is 28.4 Å². The van der Waals surface area contributed by atoms with Crippen LogP contribution in [0.2, 0.25) is 0 Å². The standard InChI is InChI=1S/C29H39N5O3S2/c1-29(2,3)30-19-20-13-15-23-21(18-20)8-6-10-24(23)31-27(35)16-14-22-9-4-5-17-34(22)39(36,37)26-12-7-11-25-28(26)33-38-32-25/h7,11-13,15,18,22,24,30H,4-6,8-10,14,16-17,19H2,1-3H3,(H,31,35)/t22-,24+/m0/s1. The second-order valence-corrected chi connectivity index (χ2v) is 14.2. The van der Waals surface area contributed by atoms with Gasteiger partial charge in [0.25, 0.3) is 0 Å². The van der Waals surface area contributed by atoms with Crippen LogP contribution in [0.25, 0.3) is 11.0 Å². The number of fused-ring (bicyclic) bond motifs is 2. The molecule has 0 bridgehead atoms. The van der Waals surface area contributed by atoms with Gasteiger partial charge in [-0.2, -0.15) is 13.1 Å². The molecule has 5 rings (SSSR count). The van der Waals surface area contributed by atoms with Gasteiger partial charge < -0.3 is 10.6 Å². The maximum Gasteiger partial charge on any atom is 0.245 e. The van der Waals surface area contributed by atoms with Gasteiger partial charge in [-0.15, -0.1) is 0 Å². The van der Waals surface area contributed by atoms with Gasteiger partial charge in [0.05, 0.1) is 17.8 Å². The summed E-state index contributed by atoms with van der Waals surface area (Å²) in [5, 5.41) is 6.80. The number of nitrogens with zero attached hydrogens (tertiary/aromatic N) is 3. The van der Waals surface area contributed by atoms with E-state index in [0.717, 1.165) is 56.8 Å². The van der Waals surface area contributed by atoms with Crippen molar-refractivity contribution in [3.63, 3.8) is 0 Å². The molecular weight excluding hydrogens is 530 g/mol. The van der Waals surface area contributed by atoms with Crippen molar-refractivity contribution in [3.8, 4) is 0 Å². The van der Waals surface area contributed by atoms with Gasteiger partial charge >= 0.3 is 0 Å². The van der Waals surface area contributed by atoms with E-state index in [4.69, 9.17) is 0 Å². The Balaban J connectivity index is 1.23. The number of carbonyl (C=O) groups is 1. The zero-order valence-electron chi connectivity index (χ0n) is 23.1. The van der Waals surface area contributed by atoms with Crippen LogP contribution in [0.15, 0.2) is 41.3 Å². The van der Waals surface area contributed by atoms with E-state index >= 15 is 0 Å². The van der Waals surface area contributed by atoms with E-state index in [0.29, 0.717) is 30.4 Å². The lowest BCUT2D eigenvalue weighted by atomic mass is 9.86. The predicted molar refractivity (Wildman–Crippen MR) is 155 cm³/mol. The minimum Gasteiger partial charge on any atom is -0.349 e. The molecule has 8 nitrogen and oxygen atoms in total. The lowest BCUT2D eigenvalue weighted by Gasteiger charge is -2.35. The van der Waals surface area contributed by atoms with E-state index in [2.05, 4.69) is 58.4 Å². The summed E-state index contributed by atoms with van der Waals surface area (Å²) in [6, 6.07) is 11.5. The molecule has 1 amide bonds. The summed E-state index contributed by atoms with van der Waals surface area (Å²) in [5.74, 6) is -0.0138. The molecule has 2 aromatic carbocycles. The highest BCUT2D eigenvalue weighted by Crippen LogP contribution is 2.33. The third-order valence-electron chi connectivity index (χ3n) is 7.79. The number of hydrogen-bond donors (Lipinski definition) is 2. The van der Waals surface area contributed by atoms with Crippen molar-refractivity contribution in [2.24, 2.45) is 0 Å². The number of hydrogen-bond acceptors (Lipinski definition) is 7. The molecular formula is C29H39N5O3S2. The Kier molecular flexibility index (Phi) is 8.37. The highest BCUT2D eigenvalue weighted by atomic mass is 32.2. The van der Waals surface area contributed by atoms with Crippen molar-refractivity contribution in [2.75, 3.05) is 6.54 Å². The number of amides is 1. The number of piperidine rings is 1. The first-order valence-corrected chi connectivity index (χ1v) is 16.2. The molecule has 1 saturated heterocycles. The van der Waals surface area contributed by atoms with Crippen LogP contribution in [0.3, 0.4) is 0 Å². The molecule has 210 valence electrons. The smallest absolute Gasteiger partial charge is 0.245 e. The van der Waals surface area contributed by atoms with E-state index in [1.54, 1.807) is 22.5 Å². The molecule has 3 aromatic rings. The maximum atomic E-state index is 13.7. The summed E-state index contributed by atoms with van der Waals surface area (Å²) in [6.07, 6.45) is 6.35. The number of benzene rings is 2.